The quantitative estimate of drug-likeness (QED) is 0.475. The van der Waals surface area contributed by atoms with Gasteiger partial charge in [-0.15, -0.1) is 0 Å². The highest BCUT2D eigenvalue weighted by molar-refractivity contribution is 9.12. The number of hydrogen-bond donors (Lipinski definition) is 1. The second-order valence-corrected chi connectivity index (χ2v) is 5.23. The third-order valence-electron chi connectivity index (χ3n) is 2.87. The molecule has 0 fully saturated rings. The van der Waals surface area contributed by atoms with Crippen molar-refractivity contribution in [3.63, 3.8) is 0 Å². The summed E-state index contributed by atoms with van der Waals surface area (Å²) >= 11 is 3.06. The molecule has 6 heteroatoms. The molecule has 1 N–H and O–H groups in total. The average molecular weight is 368 g/mol. The zero-order valence-corrected chi connectivity index (χ0v) is 14.2. The van der Waals surface area contributed by atoms with Crippen molar-refractivity contribution in [2.24, 2.45) is 0 Å². The van der Waals surface area contributed by atoms with Crippen molar-refractivity contribution in [3.8, 4) is 0 Å². The maximum Gasteiger partial charge on any atom is 0.344 e. The highest BCUT2D eigenvalue weighted by atomic mass is 79.9. The van der Waals surface area contributed by atoms with E-state index in [4.69, 9.17) is 4.74 Å². The molecule has 0 aliphatic carbocycles. The van der Waals surface area contributed by atoms with Crippen LogP contribution in [-0.2, 0) is 19.1 Å². The number of rotatable bonds is 6. The van der Waals surface area contributed by atoms with E-state index in [0.29, 0.717) is 0 Å². The van der Waals surface area contributed by atoms with Crippen LogP contribution in [0.3, 0.4) is 0 Å². The highest BCUT2D eigenvalue weighted by Crippen LogP contribution is 2.14. The average Bonchev–Trinajstić information content (AvgIpc) is 2.57. The molecule has 1 rings (SSSR count). The maximum absolute atomic E-state index is 11.8. The highest BCUT2D eigenvalue weighted by Gasteiger charge is 2.13. The Morgan fingerprint density at radius 1 is 1.14 bits per heavy atom. The van der Waals surface area contributed by atoms with Crippen molar-refractivity contribution in [3.05, 3.63) is 58.2 Å². The topological polar surface area (TPSA) is 64.6 Å². The van der Waals surface area contributed by atoms with Gasteiger partial charge >= 0.3 is 11.9 Å². The summed E-state index contributed by atoms with van der Waals surface area (Å²) in [6.07, 6.45) is 2.86. The summed E-state index contributed by atoms with van der Waals surface area (Å²) in [7, 11) is 2.53. The molecule has 0 heterocycles. The van der Waals surface area contributed by atoms with E-state index >= 15 is 0 Å². The lowest BCUT2D eigenvalue weighted by Crippen LogP contribution is -2.15. The molecule has 0 saturated carbocycles. The second kappa shape index (κ2) is 9.04. The van der Waals surface area contributed by atoms with Crippen LogP contribution in [0.25, 0.3) is 0 Å². The lowest BCUT2D eigenvalue weighted by atomic mass is 10.1. The Hall–Kier alpha value is -2.08. The third kappa shape index (κ3) is 5.37. The van der Waals surface area contributed by atoms with Crippen LogP contribution < -0.4 is 5.32 Å². The van der Waals surface area contributed by atoms with Crippen LogP contribution >= 0.6 is 15.9 Å². The first-order chi connectivity index (χ1) is 10.5. The second-order valence-electron chi connectivity index (χ2n) is 4.37. The van der Waals surface area contributed by atoms with Gasteiger partial charge < -0.3 is 14.8 Å². The van der Waals surface area contributed by atoms with E-state index in [1.807, 2.05) is 37.3 Å². The Bertz CT molecular complexity index is 581. The van der Waals surface area contributed by atoms with Crippen LogP contribution in [0.15, 0.2) is 52.7 Å². The van der Waals surface area contributed by atoms with E-state index in [1.165, 1.54) is 26.5 Å². The van der Waals surface area contributed by atoms with Crippen LogP contribution in [0.2, 0.25) is 0 Å². The minimum atomic E-state index is -0.578. The Morgan fingerprint density at radius 3 is 2.27 bits per heavy atom. The minimum absolute atomic E-state index is 0.00819. The number of carbonyl (C=O) groups excluding carboxylic acids is 2. The van der Waals surface area contributed by atoms with Crippen molar-refractivity contribution < 1.29 is 19.1 Å². The molecule has 22 heavy (non-hydrogen) atoms. The van der Waals surface area contributed by atoms with Gasteiger partial charge in [-0.3, -0.25) is 0 Å². The maximum atomic E-state index is 11.8. The summed E-state index contributed by atoms with van der Waals surface area (Å²) in [5, 5.41) is 3.10. The summed E-state index contributed by atoms with van der Waals surface area (Å²) < 4.78 is 9.39. The number of ether oxygens (including phenoxy) is 2. The molecule has 1 atom stereocenters. The molecule has 1 aromatic rings. The summed E-state index contributed by atoms with van der Waals surface area (Å²) in [5.74, 6) is -1.14. The van der Waals surface area contributed by atoms with Crippen LogP contribution in [0, 0.1) is 0 Å². The van der Waals surface area contributed by atoms with Gasteiger partial charge in [0.2, 0.25) is 0 Å². The lowest BCUT2D eigenvalue weighted by molar-refractivity contribution is -0.135. The Morgan fingerprint density at radius 2 is 1.73 bits per heavy atom. The molecular formula is C16H18BrNO4. The van der Waals surface area contributed by atoms with Crippen molar-refractivity contribution in [1.29, 1.82) is 0 Å². The van der Waals surface area contributed by atoms with Crippen LogP contribution in [-0.4, -0.2) is 26.2 Å². The fraction of sp³-hybridized carbons (Fsp3) is 0.250. The first kappa shape index (κ1) is 18.0. The number of nitrogens with one attached hydrogen (secondary N) is 1. The van der Waals surface area contributed by atoms with E-state index in [0.717, 1.165) is 5.56 Å². The minimum Gasteiger partial charge on any atom is -0.465 e. The van der Waals surface area contributed by atoms with Gasteiger partial charge in [0.25, 0.3) is 0 Å². The number of halogens is 1. The number of carbonyl (C=O) groups is 2. The predicted octanol–water partition coefficient (Wildman–Crippen LogP) is 2.85. The first-order valence-corrected chi connectivity index (χ1v) is 7.34. The van der Waals surface area contributed by atoms with Gasteiger partial charge in [0, 0.05) is 12.2 Å². The van der Waals surface area contributed by atoms with Gasteiger partial charge in [-0.1, -0.05) is 30.3 Å². The summed E-state index contributed by atoms with van der Waals surface area (Å²) in [6.45, 7) is 1.96. The van der Waals surface area contributed by atoms with E-state index in [1.54, 1.807) is 0 Å². The lowest BCUT2D eigenvalue weighted by Gasteiger charge is -2.13. The Balaban J connectivity index is 2.93. The molecule has 0 aliphatic heterocycles. The molecule has 0 spiro atoms. The SMILES string of the molecule is COC(=O)C(=C\NC(C)c1ccccc1)/C=C(/Br)C(=O)OC. The number of hydrogen-bond acceptors (Lipinski definition) is 5. The molecule has 0 radical (unpaired) electrons. The molecule has 0 aromatic heterocycles. The van der Waals surface area contributed by atoms with E-state index in [9.17, 15) is 9.59 Å². The van der Waals surface area contributed by atoms with Gasteiger partial charge in [0.05, 0.1) is 19.8 Å². The molecule has 5 nitrogen and oxygen atoms in total. The van der Waals surface area contributed by atoms with Crippen LogP contribution in [0.5, 0.6) is 0 Å². The summed E-state index contributed by atoms with van der Waals surface area (Å²) in [5.41, 5.74) is 1.27. The van der Waals surface area contributed by atoms with Crippen molar-refractivity contribution in [2.75, 3.05) is 14.2 Å². The smallest absolute Gasteiger partial charge is 0.344 e. The molecule has 0 amide bonds. The molecule has 118 valence electrons. The molecule has 0 saturated heterocycles. The number of benzene rings is 1. The molecule has 0 aliphatic rings. The summed E-state index contributed by atoms with van der Waals surface area (Å²) in [4.78, 5) is 23.1. The standard InChI is InChI=1S/C16H18BrNO4/c1-11(12-7-5-4-6-8-12)18-10-13(15(19)21-2)9-14(17)16(20)22-3/h4-11,18H,1-3H3/b13-10-,14-9+. The predicted molar refractivity (Wildman–Crippen MR) is 87.1 cm³/mol. The van der Waals surface area contributed by atoms with Crippen molar-refractivity contribution >= 4 is 27.9 Å². The number of esters is 2. The summed E-state index contributed by atoms with van der Waals surface area (Å²) in [6, 6.07) is 9.75. The fourth-order valence-corrected chi connectivity index (χ4v) is 2.03. The molecular weight excluding hydrogens is 350 g/mol. The van der Waals surface area contributed by atoms with Gasteiger partial charge in [-0.25, -0.2) is 9.59 Å². The Labute approximate surface area is 138 Å². The zero-order valence-electron chi connectivity index (χ0n) is 12.6. The number of methoxy groups -OCH3 is 2. The van der Waals surface area contributed by atoms with Gasteiger partial charge in [0.15, 0.2) is 0 Å². The van der Waals surface area contributed by atoms with Crippen LogP contribution in [0.1, 0.15) is 18.5 Å². The normalized spacial score (nSPS) is 13.3. The zero-order chi connectivity index (χ0) is 16.5. The molecule has 1 aromatic carbocycles. The molecule has 0 bridgehead atoms. The van der Waals surface area contributed by atoms with E-state index < -0.39 is 11.9 Å². The van der Waals surface area contributed by atoms with Gasteiger partial charge in [-0.05, 0) is 34.5 Å². The van der Waals surface area contributed by atoms with Crippen molar-refractivity contribution in [2.45, 2.75) is 13.0 Å². The fourth-order valence-electron chi connectivity index (χ4n) is 1.62. The monoisotopic (exact) mass is 367 g/mol. The van der Waals surface area contributed by atoms with Crippen molar-refractivity contribution in [1.82, 2.24) is 5.32 Å². The van der Waals surface area contributed by atoms with Gasteiger partial charge in [-0.2, -0.15) is 0 Å². The third-order valence-corrected chi connectivity index (χ3v) is 3.42. The van der Waals surface area contributed by atoms with E-state index in [-0.39, 0.29) is 16.1 Å². The molecule has 1 unspecified atom stereocenters. The largest absolute Gasteiger partial charge is 0.465 e. The van der Waals surface area contributed by atoms with E-state index in [2.05, 4.69) is 26.0 Å². The first-order valence-electron chi connectivity index (χ1n) is 6.54. The Kier molecular flexibility index (Phi) is 7.39. The van der Waals surface area contributed by atoms with Gasteiger partial charge in [0.1, 0.15) is 4.48 Å². The van der Waals surface area contributed by atoms with Crippen LogP contribution in [0.4, 0.5) is 0 Å².